The molecular weight excluding hydrogens is 649 g/mol. The Morgan fingerprint density at radius 2 is 1.13 bits per heavy atom. The predicted octanol–water partition coefficient (Wildman–Crippen LogP) is 12.2. The Bertz CT molecular complexity index is 3020. The second-order valence-corrected chi connectivity index (χ2v) is 14.4. The minimum Gasteiger partial charge on any atom is -0.455 e. The van der Waals surface area contributed by atoms with Gasteiger partial charge in [-0.05, 0) is 47.0 Å². The average molecular weight is 681 g/mol. The van der Waals surface area contributed by atoms with Gasteiger partial charge in [0.2, 0.25) is 0 Å². The lowest BCUT2D eigenvalue weighted by atomic mass is 9.82. The van der Waals surface area contributed by atoms with E-state index >= 15 is 0 Å². The number of nitrogens with zero attached hydrogens (tertiary/aromatic N) is 4. The summed E-state index contributed by atoms with van der Waals surface area (Å²) in [5.41, 5.74) is 13.0. The molecule has 0 fully saturated rings. The Hall–Kier alpha value is -6.85. The summed E-state index contributed by atoms with van der Waals surface area (Å²) in [5.74, 6) is 1.81. The molecule has 0 spiro atoms. The van der Waals surface area contributed by atoms with E-state index in [9.17, 15) is 0 Å². The molecule has 3 aromatic heterocycles. The second-order valence-electron chi connectivity index (χ2n) is 14.4. The molecule has 0 saturated carbocycles. The largest absolute Gasteiger partial charge is 0.455 e. The van der Waals surface area contributed by atoms with E-state index in [1.54, 1.807) is 0 Å². The van der Waals surface area contributed by atoms with E-state index in [0.717, 1.165) is 44.3 Å². The van der Waals surface area contributed by atoms with E-state index in [1.807, 2.05) is 66.7 Å². The molecule has 0 amide bonds. The van der Waals surface area contributed by atoms with Gasteiger partial charge in [-0.25, -0.2) is 15.0 Å². The van der Waals surface area contributed by atoms with E-state index in [2.05, 4.69) is 109 Å². The zero-order chi connectivity index (χ0) is 35.3. The molecule has 0 radical (unpaired) electrons. The Kier molecular flexibility index (Phi) is 6.23. The van der Waals surface area contributed by atoms with Crippen LogP contribution in [0.1, 0.15) is 25.0 Å². The minimum absolute atomic E-state index is 0.0989. The lowest BCUT2D eigenvalue weighted by molar-refractivity contribution is 0.661. The van der Waals surface area contributed by atoms with Gasteiger partial charge in [0.1, 0.15) is 11.2 Å². The van der Waals surface area contributed by atoms with Crippen molar-refractivity contribution in [3.05, 3.63) is 169 Å². The summed E-state index contributed by atoms with van der Waals surface area (Å²) in [7, 11) is 0. The van der Waals surface area contributed by atoms with Crippen molar-refractivity contribution in [2.75, 3.05) is 0 Å². The quantitative estimate of drug-likeness (QED) is 0.186. The molecule has 11 rings (SSSR count). The normalized spacial score (nSPS) is 13.2. The van der Waals surface area contributed by atoms with Gasteiger partial charge in [-0.3, -0.25) is 0 Å². The van der Waals surface area contributed by atoms with Crippen LogP contribution >= 0.6 is 0 Å². The van der Waals surface area contributed by atoms with Crippen LogP contribution in [0.5, 0.6) is 0 Å². The molecule has 0 N–H and O–H groups in total. The van der Waals surface area contributed by atoms with Gasteiger partial charge in [0.15, 0.2) is 17.5 Å². The van der Waals surface area contributed by atoms with Gasteiger partial charge < -0.3 is 8.98 Å². The number of rotatable bonds is 4. The minimum atomic E-state index is -0.0989. The standard InChI is InChI=1S/C48H32N4O/c1-48(2)38-22-11-9-19-35(38)42-39(48)26-25-33-32-18-10-12-23-40(32)52(43(33)42)31-24-27-41-37(28-31)34-20-13-21-36(44(34)53-41)47-50-45(29-14-5-3-6-15-29)49-46(51-47)30-16-7-4-8-17-30/h3-28H,1-2H3. The molecule has 0 saturated heterocycles. The molecule has 1 aliphatic rings. The van der Waals surface area contributed by atoms with Crippen LogP contribution in [-0.4, -0.2) is 19.5 Å². The van der Waals surface area contributed by atoms with Crippen LogP contribution in [-0.2, 0) is 5.41 Å². The molecule has 3 heterocycles. The maximum atomic E-state index is 6.71. The monoisotopic (exact) mass is 680 g/mol. The molecule has 0 atom stereocenters. The van der Waals surface area contributed by atoms with Crippen LogP contribution < -0.4 is 0 Å². The summed E-state index contributed by atoms with van der Waals surface area (Å²) in [6, 6.07) is 55.2. The van der Waals surface area contributed by atoms with Crippen molar-refractivity contribution < 1.29 is 4.42 Å². The summed E-state index contributed by atoms with van der Waals surface area (Å²) < 4.78 is 9.17. The molecule has 0 unspecified atom stereocenters. The number of para-hydroxylation sites is 2. The maximum absolute atomic E-state index is 6.71. The highest BCUT2D eigenvalue weighted by molar-refractivity contribution is 6.16. The van der Waals surface area contributed by atoms with E-state index in [-0.39, 0.29) is 5.41 Å². The van der Waals surface area contributed by atoms with Crippen molar-refractivity contribution in [1.29, 1.82) is 0 Å². The van der Waals surface area contributed by atoms with Crippen molar-refractivity contribution in [3.63, 3.8) is 0 Å². The van der Waals surface area contributed by atoms with Crippen molar-refractivity contribution >= 4 is 43.7 Å². The van der Waals surface area contributed by atoms with E-state index < -0.39 is 0 Å². The van der Waals surface area contributed by atoms with Gasteiger partial charge in [0.25, 0.3) is 0 Å². The first-order valence-corrected chi connectivity index (χ1v) is 18.0. The van der Waals surface area contributed by atoms with Gasteiger partial charge in [-0.1, -0.05) is 141 Å². The number of aromatic nitrogens is 4. The first-order chi connectivity index (χ1) is 26.0. The molecule has 0 aliphatic heterocycles. The van der Waals surface area contributed by atoms with Crippen molar-refractivity contribution in [2.24, 2.45) is 0 Å². The lowest BCUT2D eigenvalue weighted by Gasteiger charge is -2.21. The Morgan fingerprint density at radius 1 is 0.491 bits per heavy atom. The summed E-state index contributed by atoms with van der Waals surface area (Å²) in [6.45, 7) is 4.69. The first-order valence-electron chi connectivity index (χ1n) is 18.0. The summed E-state index contributed by atoms with van der Waals surface area (Å²) in [4.78, 5) is 15.0. The number of fused-ring (bicyclic) bond motifs is 10. The topological polar surface area (TPSA) is 56.7 Å². The number of benzene rings is 7. The van der Waals surface area contributed by atoms with Gasteiger partial charge >= 0.3 is 0 Å². The third-order valence-electron chi connectivity index (χ3n) is 11.1. The van der Waals surface area contributed by atoms with Gasteiger partial charge in [0.05, 0.1) is 16.6 Å². The number of hydrogen-bond acceptors (Lipinski definition) is 4. The van der Waals surface area contributed by atoms with E-state index in [1.165, 1.54) is 44.1 Å². The molecule has 250 valence electrons. The molecule has 1 aliphatic carbocycles. The summed E-state index contributed by atoms with van der Waals surface area (Å²) in [5, 5.41) is 4.55. The first kappa shape index (κ1) is 29.8. The van der Waals surface area contributed by atoms with Crippen molar-refractivity contribution in [3.8, 4) is 51.0 Å². The van der Waals surface area contributed by atoms with E-state index in [0.29, 0.717) is 17.5 Å². The summed E-state index contributed by atoms with van der Waals surface area (Å²) in [6.07, 6.45) is 0. The number of hydrogen-bond donors (Lipinski definition) is 0. The third kappa shape index (κ3) is 4.34. The Balaban J connectivity index is 1.15. The molecule has 0 bridgehead atoms. The van der Waals surface area contributed by atoms with Crippen LogP contribution in [0.25, 0.3) is 94.7 Å². The molecule has 53 heavy (non-hydrogen) atoms. The van der Waals surface area contributed by atoms with Crippen LogP contribution in [0.15, 0.2) is 162 Å². The molecule has 7 aromatic carbocycles. The number of furan rings is 1. The average Bonchev–Trinajstić information content (AvgIpc) is 3.83. The smallest absolute Gasteiger partial charge is 0.167 e. The van der Waals surface area contributed by atoms with Gasteiger partial charge in [0, 0.05) is 49.3 Å². The zero-order valence-corrected chi connectivity index (χ0v) is 29.2. The highest BCUT2D eigenvalue weighted by Crippen LogP contribution is 2.53. The fraction of sp³-hybridized carbons (Fsp3) is 0.0625. The predicted molar refractivity (Wildman–Crippen MR) is 215 cm³/mol. The summed E-state index contributed by atoms with van der Waals surface area (Å²) >= 11 is 0. The highest BCUT2D eigenvalue weighted by atomic mass is 16.3. The second kappa shape index (κ2) is 11.1. The van der Waals surface area contributed by atoms with Crippen LogP contribution in [0.3, 0.4) is 0 Å². The Morgan fingerprint density at radius 3 is 1.91 bits per heavy atom. The molecule has 10 aromatic rings. The van der Waals surface area contributed by atoms with Crippen LogP contribution in [0.4, 0.5) is 0 Å². The van der Waals surface area contributed by atoms with Crippen LogP contribution in [0, 0.1) is 0 Å². The van der Waals surface area contributed by atoms with Crippen LogP contribution in [0.2, 0.25) is 0 Å². The molecular formula is C48H32N4O. The SMILES string of the molecule is CC1(C)c2ccccc2-c2c1ccc1c3ccccc3n(-c3ccc4oc5c(-c6nc(-c7ccccc7)nc(-c7ccccc7)n6)cccc5c4c3)c21. The molecule has 5 heteroatoms. The maximum Gasteiger partial charge on any atom is 0.167 e. The van der Waals surface area contributed by atoms with Crippen molar-refractivity contribution in [2.45, 2.75) is 19.3 Å². The van der Waals surface area contributed by atoms with Gasteiger partial charge in [-0.2, -0.15) is 0 Å². The fourth-order valence-electron chi connectivity index (χ4n) is 8.54. The zero-order valence-electron chi connectivity index (χ0n) is 29.2. The fourth-order valence-corrected chi connectivity index (χ4v) is 8.54. The highest BCUT2D eigenvalue weighted by Gasteiger charge is 2.37. The van der Waals surface area contributed by atoms with Crippen molar-refractivity contribution in [1.82, 2.24) is 19.5 Å². The van der Waals surface area contributed by atoms with Gasteiger partial charge in [-0.15, -0.1) is 0 Å². The molecule has 5 nitrogen and oxygen atoms in total. The lowest BCUT2D eigenvalue weighted by Crippen LogP contribution is -2.14. The third-order valence-corrected chi connectivity index (χ3v) is 11.1. The Labute approximate surface area is 305 Å². The van der Waals surface area contributed by atoms with E-state index in [4.69, 9.17) is 19.4 Å².